The lowest BCUT2D eigenvalue weighted by atomic mass is 9.80. The molecule has 0 bridgehead atoms. The zero-order valence-corrected chi connectivity index (χ0v) is 25.8. The number of unbranched alkanes of at least 4 members (excludes halogenated alkanes) is 6. The molecule has 1 fully saturated rings. The van der Waals surface area contributed by atoms with Crippen molar-refractivity contribution < 1.29 is 19.1 Å². The number of hydrogen-bond acceptors (Lipinski definition) is 6. The second-order valence-electron chi connectivity index (χ2n) is 12.0. The molecule has 1 unspecified atom stereocenters. The number of benzene rings is 2. The molecule has 0 aliphatic heterocycles. The van der Waals surface area contributed by atoms with Gasteiger partial charge in [-0.15, -0.1) is 0 Å². The van der Waals surface area contributed by atoms with E-state index in [1.54, 1.807) is 24.3 Å². The standard InChI is InChI=1S/C36H52N2O4/c1-3-5-7-8-9-10-11-27-13-18-29(19-14-27)36(40)42-34-20-15-28(16-21-34)17-22-35(39)41-26-30(12-6-4-2)31-23-32(37)25-33(38)24-31/h15-17,20-25,27,29-30H,3-14,18-19,26,37-38H2,1-2H3. The minimum atomic E-state index is -0.407. The molecular formula is C36H52N2O4. The summed E-state index contributed by atoms with van der Waals surface area (Å²) in [6, 6.07) is 12.8. The van der Waals surface area contributed by atoms with Crippen LogP contribution in [0.25, 0.3) is 6.08 Å². The molecule has 0 saturated heterocycles. The molecule has 1 aliphatic rings. The predicted molar refractivity (Wildman–Crippen MR) is 173 cm³/mol. The maximum Gasteiger partial charge on any atom is 0.330 e. The molecular weight excluding hydrogens is 524 g/mol. The van der Waals surface area contributed by atoms with Gasteiger partial charge < -0.3 is 20.9 Å². The molecule has 3 rings (SSSR count). The second-order valence-corrected chi connectivity index (χ2v) is 12.0. The maximum absolute atomic E-state index is 12.8. The van der Waals surface area contributed by atoms with Gasteiger partial charge >= 0.3 is 11.9 Å². The number of carbonyl (C=O) groups excluding carboxylic acids is 2. The first-order valence-corrected chi connectivity index (χ1v) is 16.2. The summed E-state index contributed by atoms with van der Waals surface area (Å²) in [6.07, 6.45) is 19.5. The van der Waals surface area contributed by atoms with E-state index in [4.69, 9.17) is 20.9 Å². The fourth-order valence-electron chi connectivity index (χ4n) is 5.88. The number of nitrogen functional groups attached to an aromatic ring is 2. The van der Waals surface area contributed by atoms with Crippen LogP contribution in [-0.2, 0) is 14.3 Å². The molecule has 1 aliphatic carbocycles. The number of carbonyl (C=O) groups is 2. The highest BCUT2D eigenvalue weighted by Gasteiger charge is 2.27. The molecule has 2 aromatic carbocycles. The van der Waals surface area contributed by atoms with E-state index in [1.807, 2.05) is 24.3 Å². The van der Waals surface area contributed by atoms with Crippen molar-refractivity contribution in [2.45, 2.75) is 110 Å². The Balaban J connectivity index is 1.40. The third kappa shape index (κ3) is 11.9. The van der Waals surface area contributed by atoms with Crippen molar-refractivity contribution in [3.63, 3.8) is 0 Å². The van der Waals surface area contributed by atoms with Crippen molar-refractivity contribution in [3.8, 4) is 5.75 Å². The van der Waals surface area contributed by atoms with Gasteiger partial charge in [0.2, 0.25) is 0 Å². The van der Waals surface area contributed by atoms with E-state index in [9.17, 15) is 9.59 Å². The molecule has 6 nitrogen and oxygen atoms in total. The first kappa shape index (κ1) is 33.2. The van der Waals surface area contributed by atoms with Crippen LogP contribution < -0.4 is 16.2 Å². The Morgan fingerprint density at radius 3 is 2.17 bits per heavy atom. The molecule has 230 valence electrons. The zero-order valence-electron chi connectivity index (χ0n) is 25.8. The number of anilines is 2. The first-order valence-electron chi connectivity index (χ1n) is 16.2. The number of nitrogens with two attached hydrogens (primary N) is 2. The summed E-state index contributed by atoms with van der Waals surface area (Å²) in [5.41, 5.74) is 15.0. The Hall–Kier alpha value is -3.28. The Morgan fingerprint density at radius 2 is 1.50 bits per heavy atom. The average Bonchev–Trinajstić information content (AvgIpc) is 2.98. The van der Waals surface area contributed by atoms with Gasteiger partial charge in [-0.05, 0) is 85.6 Å². The molecule has 2 aromatic rings. The van der Waals surface area contributed by atoms with Crippen LogP contribution in [0, 0.1) is 11.8 Å². The highest BCUT2D eigenvalue weighted by molar-refractivity contribution is 5.87. The Bertz CT molecular complexity index is 1100. The molecule has 1 atom stereocenters. The van der Waals surface area contributed by atoms with Crippen molar-refractivity contribution >= 4 is 29.4 Å². The average molecular weight is 577 g/mol. The molecule has 0 spiro atoms. The Labute approximate surface area is 253 Å². The van der Waals surface area contributed by atoms with Crippen molar-refractivity contribution in [3.05, 3.63) is 59.7 Å². The van der Waals surface area contributed by atoms with Gasteiger partial charge in [0, 0.05) is 23.4 Å². The minimum absolute atomic E-state index is 0.00920. The lowest BCUT2D eigenvalue weighted by Crippen LogP contribution is -2.25. The topological polar surface area (TPSA) is 105 Å². The van der Waals surface area contributed by atoms with Crippen LogP contribution in [0.15, 0.2) is 48.5 Å². The van der Waals surface area contributed by atoms with Crippen LogP contribution >= 0.6 is 0 Å². The molecule has 42 heavy (non-hydrogen) atoms. The fraction of sp³-hybridized carbons (Fsp3) is 0.556. The molecule has 4 N–H and O–H groups in total. The molecule has 0 aromatic heterocycles. The zero-order chi connectivity index (χ0) is 30.2. The number of hydrogen-bond donors (Lipinski definition) is 2. The Kier molecular flexibility index (Phi) is 14.5. The first-order chi connectivity index (χ1) is 20.4. The van der Waals surface area contributed by atoms with Gasteiger partial charge in [0.1, 0.15) is 5.75 Å². The summed E-state index contributed by atoms with van der Waals surface area (Å²) in [5, 5.41) is 0. The van der Waals surface area contributed by atoms with Crippen LogP contribution in [0.3, 0.4) is 0 Å². The van der Waals surface area contributed by atoms with E-state index in [1.165, 1.54) is 51.0 Å². The Morgan fingerprint density at radius 1 is 0.857 bits per heavy atom. The van der Waals surface area contributed by atoms with E-state index >= 15 is 0 Å². The highest BCUT2D eigenvalue weighted by Crippen LogP contribution is 2.33. The van der Waals surface area contributed by atoms with Crippen LogP contribution in [0.1, 0.15) is 121 Å². The van der Waals surface area contributed by atoms with Crippen molar-refractivity contribution in [2.24, 2.45) is 11.8 Å². The highest BCUT2D eigenvalue weighted by atomic mass is 16.5. The molecule has 0 amide bonds. The molecule has 1 saturated carbocycles. The van der Waals surface area contributed by atoms with E-state index in [0.717, 1.165) is 62.0 Å². The van der Waals surface area contributed by atoms with Gasteiger partial charge in [0.15, 0.2) is 0 Å². The van der Waals surface area contributed by atoms with Crippen LogP contribution in [0.2, 0.25) is 0 Å². The van der Waals surface area contributed by atoms with Crippen molar-refractivity contribution in [1.29, 1.82) is 0 Å². The SMILES string of the molecule is CCCCCCCCC1CCC(C(=O)Oc2ccc(C=CC(=O)OCC(CCCC)c3cc(N)cc(N)c3)cc2)CC1. The quantitative estimate of drug-likeness (QED) is 0.0641. The van der Waals surface area contributed by atoms with Crippen molar-refractivity contribution in [2.75, 3.05) is 18.1 Å². The largest absolute Gasteiger partial charge is 0.462 e. The molecule has 6 heteroatoms. The maximum atomic E-state index is 12.8. The summed E-state index contributed by atoms with van der Waals surface area (Å²) >= 11 is 0. The molecule has 0 heterocycles. The van der Waals surface area contributed by atoms with Gasteiger partial charge in [-0.3, -0.25) is 4.79 Å². The number of ether oxygens (including phenoxy) is 2. The fourth-order valence-corrected chi connectivity index (χ4v) is 5.88. The minimum Gasteiger partial charge on any atom is -0.462 e. The van der Waals surface area contributed by atoms with Crippen LogP contribution in [0.4, 0.5) is 11.4 Å². The van der Waals surface area contributed by atoms with Crippen LogP contribution in [0.5, 0.6) is 5.75 Å². The number of rotatable bonds is 17. The summed E-state index contributed by atoms with van der Waals surface area (Å²) in [6.45, 7) is 4.65. The van der Waals surface area contributed by atoms with E-state index < -0.39 is 5.97 Å². The van der Waals surface area contributed by atoms with Gasteiger partial charge in [-0.1, -0.05) is 83.8 Å². The van der Waals surface area contributed by atoms with Gasteiger partial charge in [-0.2, -0.15) is 0 Å². The van der Waals surface area contributed by atoms with E-state index in [2.05, 4.69) is 13.8 Å². The second kappa shape index (κ2) is 18.3. The number of esters is 2. The monoisotopic (exact) mass is 576 g/mol. The van der Waals surface area contributed by atoms with Gasteiger partial charge in [0.25, 0.3) is 0 Å². The van der Waals surface area contributed by atoms with Crippen molar-refractivity contribution in [1.82, 2.24) is 0 Å². The predicted octanol–water partition coefficient (Wildman–Crippen LogP) is 8.84. The lowest BCUT2D eigenvalue weighted by Gasteiger charge is -2.27. The normalized spacial score (nSPS) is 17.7. The third-order valence-electron chi connectivity index (χ3n) is 8.46. The third-order valence-corrected chi connectivity index (χ3v) is 8.46. The van der Waals surface area contributed by atoms with E-state index in [0.29, 0.717) is 17.1 Å². The molecule has 0 radical (unpaired) electrons. The van der Waals surface area contributed by atoms with Crippen LogP contribution in [-0.4, -0.2) is 18.5 Å². The summed E-state index contributed by atoms with van der Waals surface area (Å²) in [4.78, 5) is 25.2. The van der Waals surface area contributed by atoms with Gasteiger partial charge in [0.05, 0.1) is 12.5 Å². The summed E-state index contributed by atoms with van der Waals surface area (Å²) < 4.78 is 11.3. The summed E-state index contributed by atoms with van der Waals surface area (Å²) in [5.74, 6) is 0.795. The summed E-state index contributed by atoms with van der Waals surface area (Å²) in [7, 11) is 0. The smallest absolute Gasteiger partial charge is 0.330 e. The van der Waals surface area contributed by atoms with Gasteiger partial charge in [-0.25, -0.2) is 4.79 Å². The van der Waals surface area contributed by atoms with E-state index in [-0.39, 0.29) is 24.4 Å². The lowest BCUT2D eigenvalue weighted by molar-refractivity contribution is -0.140.